The minimum Gasteiger partial charge on any atom is -0.285 e. The zero-order valence-corrected chi connectivity index (χ0v) is 6.02. The van der Waals surface area contributed by atoms with Gasteiger partial charge in [0.2, 0.25) is 0 Å². The smallest absolute Gasteiger partial charge is 0.151 e. The van der Waals surface area contributed by atoms with Crippen molar-refractivity contribution in [3.05, 3.63) is 0 Å². The maximum absolute atomic E-state index is 12.4. The van der Waals surface area contributed by atoms with E-state index in [2.05, 4.69) is 19.2 Å². The molecule has 1 aliphatic rings. The minimum atomic E-state index is -0.739. The van der Waals surface area contributed by atoms with E-state index in [1.54, 1.807) is 0 Å². The van der Waals surface area contributed by atoms with Crippen LogP contribution < -0.4 is 5.32 Å². The van der Waals surface area contributed by atoms with Crippen LogP contribution in [0.2, 0.25) is 0 Å². The van der Waals surface area contributed by atoms with Gasteiger partial charge in [-0.15, -0.1) is 0 Å². The summed E-state index contributed by atoms with van der Waals surface area (Å²) < 4.78 is 12.4. The van der Waals surface area contributed by atoms with Crippen molar-refractivity contribution in [2.75, 3.05) is 0 Å². The molecule has 1 aliphatic heterocycles. The van der Waals surface area contributed by atoms with Gasteiger partial charge in [0.15, 0.2) is 6.30 Å². The third kappa shape index (κ3) is 1.65. The van der Waals surface area contributed by atoms with Crippen LogP contribution >= 0.6 is 0 Å². The van der Waals surface area contributed by atoms with Gasteiger partial charge in [0.1, 0.15) is 0 Å². The number of alkyl halides is 1. The summed E-state index contributed by atoms with van der Waals surface area (Å²) in [5, 5.41) is 2.89. The summed E-state index contributed by atoms with van der Waals surface area (Å²) in [5.74, 6) is 0.575. The largest absolute Gasteiger partial charge is 0.285 e. The Kier molecular flexibility index (Phi) is 2.06. The summed E-state index contributed by atoms with van der Waals surface area (Å²) >= 11 is 0. The molecule has 0 saturated carbocycles. The van der Waals surface area contributed by atoms with Crippen molar-refractivity contribution in [2.24, 2.45) is 5.92 Å². The average Bonchev–Trinajstić information content (AvgIpc) is 2.14. The summed E-state index contributed by atoms with van der Waals surface area (Å²) in [6.45, 7) is 4.24. The van der Waals surface area contributed by atoms with Gasteiger partial charge in [0.05, 0.1) is 0 Å². The summed E-state index contributed by atoms with van der Waals surface area (Å²) in [7, 11) is 0. The maximum Gasteiger partial charge on any atom is 0.151 e. The first-order valence-corrected chi connectivity index (χ1v) is 3.60. The summed E-state index contributed by atoms with van der Waals surface area (Å²) in [5.41, 5.74) is 0. The molecular formula is C7H14FN. The molecule has 1 N–H and O–H groups in total. The average molecular weight is 131 g/mol. The number of halogens is 1. The van der Waals surface area contributed by atoms with Crippen molar-refractivity contribution < 1.29 is 4.39 Å². The minimum absolute atomic E-state index is 0.417. The highest BCUT2D eigenvalue weighted by Gasteiger charge is 2.24. The Labute approximate surface area is 55.6 Å². The van der Waals surface area contributed by atoms with Gasteiger partial charge >= 0.3 is 0 Å². The van der Waals surface area contributed by atoms with Gasteiger partial charge in [0.25, 0.3) is 0 Å². The lowest BCUT2D eigenvalue weighted by Crippen LogP contribution is -2.30. The Hall–Kier alpha value is -0.110. The van der Waals surface area contributed by atoms with Crippen molar-refractivity contribution in [3.63, 3.8) is 0 Å². The van der Waals surface area contributed by atoms with Crippen molar-refractivity contribution in [2.45, 2.75) is 39.0 Å². The predicted octanol–water partition coefficient (Wildman–Crippen LogP) is 1.69. The summed E-state index contributed by atoms with van der Waals surface area (Å²) in [4.78, 5) is 0. The highest BCUT2D eigenvalue weighted by molar-refractivity contribution is 4.79. The molecular weight excluding hydrogens is 117 g/mol. The van der Waals surface area contributed by atoms with Crippen LogP contribution in [0.5, 0.6) is 0 Å². The Morgan fingerprint density at radius 2 is 2.11 bits per heavy atom. The molecule has 0 radical (unpaired) electrons. The van der Waals surface area contributed by atoms with Crippen molar-refractivity contribution in [1.82, 2.24) is 5.32 Å². The standard InChI is InChI=1S/C7H14FN/c1-5(2)6-3-4-7(8)9-6/h5-7,9H,3-4H2,1-2H3/t6-,7-/m0/s1. The third-order valence-corrected chi connectivity index (χ3v) is 1.93. The molecule has 0 spiro atoms. The molecule has 1 nitrogen and oxygen atoms in total. The molecule has 1 rings (SSSR count). The molecule has 1 fully saturated rings. The molecule has 2 atom stereocenters. The van der Waals surface area contributed by atoms with Crippen molar-refractivity contribution >= 4 is 0 Å². The van der Waals surface area contributed by atoms with E-state index in [1.165, 1.54) is 0 Å². The second kappa shape index (κ2) is 2.65. The van der Waals surface area contributed by atoms with Gasteiger partial charge in [0, 0.05) is 6.04 Å². The van der Waals surface area contributed by atoms with Gasteiger partial charge in [-0.25, -0.2) is 4.39 Å². The molecule has 0 amide bonds. The SMILES string of the molecule is CC(C)[C@@H]1CC[C@@H](F)N1. The van der Waals surface area contributed by atoms with E-state index in [4.69, 9.17) is 0 Å². The van der Waals surface area contributed by atoms with Crippen LogP contribution in [-0.4, -0.2) is 12.3 Å². The molecule has 54 valence electrons. The van der Waals surface area contributed by atoms with Crippen LogP contribution in [0.3, 0.4) is 0 Å². The molecule has 1 heterocycles. The predicted molar refractivity (Wildman–Crippen MR) is 35.9 cm³/mol. The van der Waals surface area contributed by atoms with Gasteiger partial charge in [-0.1, -0.05) is 13.8 Å². The summed E-state index contributed by atoms with van der Waals surface area (Å²) in [6, 6.07) is 0.417. The van der Waals surface area contributed by atoms with Crippen LogP contribution in [0.4, 0.5) is 4.39 Å². The molecule has 1 saturated heterocycles. The highest BCUT2D eigenvalue weighted by Crippen LogP contribution is 2.18. The highest BCUT2D eigenvalue weighted by atomic mass is 19.1. The molecule has 0 aromatic rings. The zero-order chi connectivity index (χ0) is 6.85. The van der Waals surface area contributed by atoms with E-state index in [0.717, 1.165) is 6.42 Å². The van der Waals surface area contributed by atoms with Crippen LogP contribution in [0.1, 0.15) is 26.7 Å². The fourth-order valence-corrected chi connectivity index (χ4v) is 1.25. The van der Waals surface area contributed by atoms with Gasteiger partial charge in [-0.2, -0.15) is 0 Å². The number of hydrogen-bond acceptors (Lipinski definition) is 1. The number of rotatable bonds is 1. The third-order valence-electron chi connectivity index (χ3n) is 1.93. The number of nitrogens with one attached hydrogen (secondary N) is 1. The van der Waals surface area contributed by atoms with Crippen LogP contribution in [0.15, 0.2) is 0 Å². The van der Waals surface area contributed by atoms with E-state index in [0.29, 0.717) is 18.4 Å². The summed E-state index contributed by atoms with van der Waals surface area (Å²) in [6.07, 6.45) is 0.958. The first kappa shape index (κ1) is 7.00. The van der Waals surface area contributed by atoms with Gasteiger partial charge in [-0.3, -0.25) is 5.32 Å². The molecule has 0 aromatic carbocycles. The van der Waals surface area contributed by atoms with Crippen molar-refractivity contribution in [3.8, 4) is 0 Å². The lowest BCUT2D eigenvalue weighted by Gasteiger charge is -2.13. The molecule has 2 heteroatoms. The van der Waals surface area contributed by atoms with Gasteiger partial charge in [-0.05, 0) is 18.8 Å². The Morgan fingerprint density at radius 3 is 2.33 bits per heavy atom. The normalized spacial score (nSPS) is 36.0. The second-order valence-electron chi connectivity index (χ2n) is 3.06. The fraction of sp³-hybridized carbons (Fsp3) is 1.00. The lowest BCUT2D eigenvalue weighted by atomic mass is 10.0. The van der Waals surface area contributed by atoms with Crippen LogP contribution in [-0.2, 0) is 0 Å². The zero-order valence-electron chi connectivity index (χ0n) is 6.02. The fourth-order valence-electron chi connectivity index (χ4n) is 1.25. The first-order chi connectivity index (χ1) is 4.20. The molecule has 9 heavy (non-hydrogen) atoms. The van der Waals surface area contributed by atoms with Crippen molar-refractivity contribution in [1.29, 1.82) is 0 Å². The lowest BCUT2D eigenvalue weighted by molar-refractivity contribution is 0.285. The van der Waals surface area contributed by atoms with E-state index in [9.17, 15) is 4.39 Å². The second-order valence-corrected chi connectivity index (χ2v) is 3.06. The molecule has 0 aliphatic carbocycles. The monoisotopic (exact) mass is 131 g/mol. The van der Waals surface area contributed by atoms with Gasteiger partial charge < -0.3 is 0 Å². The Balaban J connectivity index is 2.30. The van der Waals surface area contributed by atoms with E-state index < -0.39 is 6.30 Å². The first-order valence-electron chi connectivity index (χ1n) is 3.60. The number of hydrogen-bond donors (Lipinski definition) is 1. The van der Waals surface area contributed by atoms with E-state index in [-0.39, 0.29) is 0 Å². The van der Waals surface area contributed by atoms with Crippen LogP contribution in [0, 0.1) is 5.92 Å². The Morgan fingerprint density at radius 1 is 1.44 bits per heavy atom. The molecule has 0 unspecified atom stereocenters. The van der Waals surface area contributed by atoms with Crippen LogP contribution in [0.25, 0.3) is 0 Å². The quantitative estimate of drug-likeness (QED) is 0.534. The van der Waals surface area contributed by atoms with E-state index >= 15 is 0 Å². The topological polar surface area (TPSA) is 12.0 Å². The molecule has 0 aromatic heterocycles. The molecule has 0 bridgehead atoms. The maximum atomic E-state index is 12.4. The Bertz CT molecular complexity index is 92.9. The van der Waals surface area contributed by atoms with E-state index in [1.807, 2.05) is 0 Å².